The molecule has 22 heavy (non-hydrogen) atoms. The normalized spacial score (nSPS) is 22.7. The third kappa shape index (κ3) is 2.17. The molecular formula is C17H21N5. The number of nitrogens with two attached hydrogens (primary N) is 2. The van der Waals surface area contributed by atoms with Gasteiger partial charge in [0.15, 0.2) is 0 Å². The van der Waals surface area contributed by atoms with Crippen LogP contribution in [-0.4, -0.2) is 23.1 Å². The summed E-state index contributed by atoms with van der Waals surface area (Å²) in [5.41, 5.74) is 15.9. The predicted octanol–water partition coefficient (Wildman–Crippen LogP) is 2.33. The molecule has 2 heterocycles. The van der Waals surface area contributed by atoms with Crippen molar-refractivity contribution in [2.24, 2.45) is 11.8 Å². The average Bonchev–Trinajstić information content (AvgIpc) is 3.13. The van der Waals surface area contributed by atoms with Crippen molar-refractivity contribution in [3.63, 3.8) is 0 Å². The van der Waals surface area contributed by atoms with Crippen LogP contribution >= 0.6 is 0 Å². The smallest absolute Gasteiger partial charge is 0.222 e. The van der Waals surface area contributed by atoms with Crippen LogP contribution in [-0.2, 0) is 6.42 Å². The summed E-state index contributed by atoms with van der Waals surface area (Å²) in [5, 5.41) is 0. The molecule has 0 spiro atoms. The first kappa shape index (κ1) is 13.4. The van der Waals surface area contributed by atoms with E-state index in [9.17, 15) is 0 Å². The second-order valence-corrected chi connectivity index (χ2v) is 6.35. The van der Waals surface area contributed by atoms with Gasteiger partial charge >= 0.3 is 0 Å². The van der Waals surface area contributed by atoms with Crippen LogP contribution in [0, 0.1) is 11.8 Å². The monoisotopic (exact) mass is 295 g/mol. The number of piperidine rings is 1. The first-order chi connectivity index (χ1) is 10.7. The lowest BCUT2D eigenvalue weighted by Gasteiger charge is -2.20. The third-order valence-electron chi connectivity index (χ3n) is 4.86. The summed E-state index contributed by atoms with van der Waals surface area (Å²) in [6.07, 6.45) is 2.21. The largest absolute Gasteiger partial charge is 0.383 e. The summed E-state index contributed by atoms with van der Waals surface area (Å²) in [5.74, 6) is 2.57. The van der Waals surface area contributed by atoms with Gasteiger partial charge in [-0.25, -0.2) is 4.98 Å². The molecule has 0 radical (unpaired) electrons. The van der Waals surface area contributed by atoms with Gasteiger partial charge in [-0.05, 0) is 42.4 Å². The molecule has 5 nitrogen and oxygen atoms in total. The summed E-state index contributed by atoms with van der Waals surface area (Å²) in [4.78, 5) is 10.9. The van der Waals surface area contributed by atoms with Gasteiger partial charge in [-0.2, -0.15) is 4.98 Å². The average molecular weight is 295 g/mol. The fraction of sp³-hybridized carbons (Fsp3) is 0.412. The van der Waals surface area contributed by atoms with Crippen molar-refractivity contribution >= 4 is 17.5 Å². The van der Waals surface area contributed by atoms with Gasteiger partial charge in [0.25, 0.3) is 0 Å². The van der Waals surface area contributed by atoms with Gasteiger partial charge in [0.2, 0.25) is 5.95 Å². The summed E-state index contributed by atoms with van der Waals surface area (Å²) in [6, 6.07) is 8.58. The van der Waals surface area contributed by atoms with Crippen molar-refractivity contribution in [1.29, 1.82) is 0 Å². The molecule has 1 aliphatic heterocycles. The number of benzene rings is 1. The van der Waals surface area contributed by atoms with E-state index in [4.69, 9.17) is 11.5 Å². The Morgan fingerprint density at radius 2 is 1.77 bits per heavy atom. The fourth-order valence-corrected chi connectivity index (χ4v) is 3.56. The van der Waals surface area contributed by atoms with E-state index >= 15 is 0 Å². The zero-order chi connectivity index (χ0) is 15.3. The van der Waals surface area contributed by atoms with Crippen LogP contribution < -0.4 is 16.4 Å². The van der Waals surface area contributed by atoms with Gasteiger partial charge in [-0.3, -0.25) is 0 Å². The Bertz CT molecular complexity index is 700. The van der Waals surface area contributed by atoms with Crippen molar-refractivity contribution < 1.29 is 0 Å². The molecule has 1 saturated carbocycles. The Labute approximate surface area is 130 Å². The van der Waals surface area contributed by atoms with Crippen LogP contribution in [0.15, 0.2) is 24.3 Å². The molecular weight excluding hydrogens is 274 g/mol. The molecule has 4 N–H and O–H groups in total. The maximum atomic E-state index is 6.07. The zero-order valence-electron chi connectivity index (χ0n) is 12.8. The highest BCUT2D eigenvalue weighted by Crippen LogP contribution is 2.46. The second kappa shape index (κ2) is 4.87. The van der Waals surface area contributed by atoms with Crippen molar-refractivity contribution in [2.75, 3.05) is 29.5 Å². The summed E-state index contributed by atoms with van der Waals surface area (Å²) >= 11 is 0. The summed E-state index contributed by atoms with van der Waals surface area (Å²) in [6.45, 7) is 4.46. The molecule has 1 aromatic heterocycles. The highest BCUT2D eigenvalue weighted by molar-refractivity contribution is 5.77. The van der Waals surface area contributed by atoms with E-state index in [2.05, 4.69) is 46.1 Å². The molecule has 1 aliphatic carbocycles. The van der Waals surface area contributed by atoms with E-state index in [0.29, 0.717) is 5.82 Å². The minimum atomic E-state index is 0.242. The zero-order valence-corrected chi connectivity index (χ0v) is 12.8. The molecule has 1 saturated heterocycles. The molecule has 2 aliphatic rings. The standard InChI is InChI=1S/C17H21N5/c1-2-14-15(16(18)21-17(19)20-14)10-3-5-13(6-4-10)22-8-11-7-12(11)9-22/h3-6,11-12H,2,7-9H2,1H3,(H4,18,19,20,21). The predicted molar refractivity (Wildman–Crippen MR) is 89.5 cm³/mol. The molecule has 0 bridgehead atoms. The second-order valence-electron chi connectivity index (χ2n) is 6.35. The highest BCUT2D eigenvalue weighted by Gasteiger charge is 2.44. The number of anilines is 3. The topological polar surface area (TPSA) is 81.1 Å². The number of aryl methyl sites for hydroxylation is 1. The van der Waals surface area contributed by atoms with E-state index in [1.807, 2.05) is 0 Å². The van der Waals surface area contributed by atoms with Crippen molar-refractivity contribution in [2.45, 2.75) is 19.8 Å². The molecule has 2 unspecified atom stereocenters. The van der Waals surface area contributed by atoms with Crippen molar-refractivity contribution in [3.8, 4) is 11.1 Å². The fourth-order valence-electron chi connectivity index (χ4n) is 3.56. The van der Waals surface area contributed by atoms with Gasteiger partial charge < -0.3 is 16.4 Å². The van der Waals surface area contributed by atoms with Gasteiger partial charge in [0, 0.05) is 24.3 Å². The molecule has 0 amide bonds. The Hall–Kier alpha value is -2.30. The minimum absolute atomic E-state index is 0.242. The molecule has 4 rings (SSSR count). The quantitative estimate of drug-likeness (QED) is 0.908. The highest BCUT2D eigenvalue weighted by atomic mass is 15.2. The maximum absolute atomic E-state index is 6.07. The number of hydrogen-bond acceptors (Lipinski definition) is 5. The molecule has 2 atom stereocenters. The van der Waals surface area contributed by atoms with E-state index in [0.717, 1.165) is 35.1 Å². The number of fused-ring (bicyclic) bond motifs is 1. The van der Waals surface area contributed by atoms with Gasteiger partial charge in [0.1, 0.15) is 5.82 Å². The van der Waals surface area contributed by atoms with Gasteiger partial charge in [-0.15, -0.1) is 0 Å². The van der Waals surface area contributed by atoms with E-state index in [1.54, 1.807) is 0 Å². The lowest BCUT2D eigenvalue weighted by molar-refractivity contribution is 0.820. The van der Waals surface area contributed by atoms with Crippen LogP contribution in [0.2, 0.25) is 0 Å². The van der Waals surface area contributed by atoms with E-state index < -0.39 is 0 Å². The first-order valence-electron chi connectivity index (χ1n) is 7.93. The molecule has 5 heteroatoms. The third-order valence-corrected chi connectivity index (χ3v) is 4.86. The summed E-state index contributed by atoms with van der Waals surface area (Å²) < 4.78 is 0. The van der Waals surface area contributed by atoms with Gasteiger partial charge in [0.05, 0.1) is 5.69 Å². The SMILES string of the molecule is CCc1nc(N)nc(N)c1-c1ccc(N2CC3CC3C2)cc1. The Morgan fingerprint density at radius 3 is 2.41 bits per heavy atom. The molecule has 1 aromatic carbocycles. The Balaban J connectivity index is 1.66. The molecule has 114 valence electrons. The molecule has 2 fully saturated rings. The van der Waals surface area contributed by atoms with E-state index in [-0.39, 0.29) is 5.95 Å². The number of aromatic nitrogens is 2. The lowest BCUT2D eigenvalue weighted by Crippen LogP contribution is -2.21. The van der Waals surface area contributed by atoms with Crippen LogP contribution in [0.25, 0.3) is 11.1 Å². The minimum Gasteiger partial charge on any atom is -0.383 e. The first-order valence-corrected chi connectivity index (χ1v) is 7.93. The Kier molecular flexibility index (Phi) is 2.96. The van der Waals surface area contributed by atoms with E-state index in [1.165, 1.54) is 25.2 Å². The van der Waals surface area contributed by atoms with Crippen molar-refractivity contribution in [1.82, 2.24) is 9.97 Å². The summed E-state index contributed by atoms with van der Waals surface area (Å²) in [7, 11) is 0. The van der Waals surface area contributed by atoms with Crippen LogP contribution in [0.4, 0.5) is 17.5 Å². The Morgan fingerprint density at radius 1 is 1.09 bits per heavy atom. The molecule has 2 aromatic rings. The lowest BCUT2D eigenvalue weighted by atomic mass is 10.0. The van der Waals surface area contributed by atoms with Crippen LogP contribution in [0.3, 0.4) is 0 Å². The van der Waals surface area contributed by atoms with Crippen LogP contribution in [0.5, 0.6) is 0 Å². The van der Waals surface area contributed by atoms with Crippen LogP contribution in [0.1, 0.15) is 19.0 Å². The number of hydrogen-bond donors (Lipinski definition) is 2. The number of nitrogens with zero attached hydrogens (tertiary/aromatic N) is 3. The maximum Gasteiger partial charge on any atom is 0.222 e. The van der Waals surface area contributed by atoms with Crippen molar-refractivity contribution in [3.05, 3.63) is 30.0 Å². The number of rotatable bonds is 3. The van der Waals surface area contributed by atoms with Gasteiger partial charge in [-0.1, -0.05) is 19.1 Å². The number of nitrogen functional groups attached to an aromatic ring is 2.